The molecule has 0 bridgehead atoms. The molecule has 2 aliphatic heterocycles. The molecular formula is C32H37FN8. The van der Waals surface area contributed by atoms with Crippen LogP contribution in [0.5, 0.6) is 0 Å². The number of fused-ring (bicyclic) bond motifs is 2. The minimum atomic E-state index is -0.818. The first-order valence-corrected chi connectivity index (χ1v) is 14.8. The normalized spacial score (nSPS) is 21.5. The van der Waals surface area contributed by atoms with Crippen LogP contribution in [0.25, 0.3) is 28.2 Å². The Morgan fingerprint density at radius 3 is 2.71 bits per heavy atom. The lowest BCUT2D eigenvalue weighted by Crippen LogP contribution is -2.43. The Kier molecular flexibility index (Phi) is 6.92. The monoisotopic (exact) mass is 552 g/mol. The van der Waals surface area contributed by atoms with Crippen molar-refractivity contribution in [2.45, 2.75) is 50.4 Å². The molecule has 5 heterocycles. The lowest BCUT2D eigenvalue weighted by atomic mass is 10.0. The number of nitrogens with one attached hydrogen (secondary N) is 1. The Bertz CT molecular complexity index is 1570. The number of nitrogens with zero attached hydrogens (tertiary/aromatic N) is 6. The summed E-state index contributed by atoms with van der Waals surface area (Å²) in [6.07, 6.45) is 7.86. The molecule has 0 radical (unpaired) electrons. The van der Waals surface area contributed by atoms with Crippen LogP contribution >= 0.6 is 0 Å². The Hall–Kier alpha value is -3.82. The molecule has 212 valence electrons. The van der Waals surface area contributed by atoms with Gasteiger partial charge < -0.3 is 16.0 Å². The number of benzene rings is 1. The van der Waals surface area contributed by atoms with Crippen molar-refractivity contribution >= 4 is 22.8 Å². The fourth-order valence-electron chi connectivity index (χ4n) is 6.75. The maximum absolute atomic E-state index is 14.0. The fourth-order valence-corrected chi connectivity index (χ4v) is 6.75. The van der Waals surface area contributed by atoms with Gasteiger partial charge in [-0.05, 0) is 92.7 Å². The lowest BCUT2D eigenvalue weighted by molar-refractivity contribution is 0.206. The lowest BCUT2D eigenvalue weighted by Gasteiger charge is -2.33. The second kappa shape index (κ2) is 10.9. The summed E-state index contributed by atoms with van der Waals surface area (Å²) in [4.78, 5) is 18.8. The zero-order valence-corrected chi connectivity index (χ0v) is 23.3. The number of alkyl halides is 1. The van der Waals surface area contributed by atoms with Gasteiger partial charge in [-0.3, -0.25) is 9.47 Å². The third-order valence-corrected chi connectivity index (χ3v) is 8.90. The number of hydrogen-bond acceptors (Lipinski definition) is 7. The van der Waals surface area contributed by atoms with Crippen molar-refractivity contribution in [3.05, 3.63) is 72.4 Å². The Morgan fingerprint density at radius 1 is 1.05 bits per heavy atom. The highest BCUT2D eigenvalue weighted by molar-refractivity contribution is 5.84. The summed E-state index contributed by atoms with van der Waals surface area (Å²) in [6, 6.07) is 15.4. The van der Waals surface area contributed by atoms with Gasteiger partial charge in [0.15, 0.2) is 11.5 Å². The largest absolute Gasteiger partial charge is 0.383 e. The van der Waals surface area contributed by atoms with Crippen LogP contribution in [0, 0.1) is 0 Å². The number of nitrogen functional groups attached to an aromatic ring is 1. The Morgan fingerprint density at radius 2 is 1.93 bits per heavy atom. The van der Waals surface area contributed by atoms with E-state index < -0.39 is 6.17 Å². The number of aromatic nitrogens is 4. The molecule has 0 saturated carbocycles. The van der Waals surface area contributed by atoms with Crippen molar-refractivity contribution < 1.29 is 4.39 Å². The van der Waals surface area contributed by atoms with Gasteiger partial charge in [0.05, 0.1) is 12.1 Å². The molecule has 0 spiro atoms. The predicted molar refractivity (Wildman–Crippen MR) is 162 cm³/mol. The first kappa shape index (κ1) is 26.1. The van der Waals surface area contributed by atoms with Crippen LogP contribution in [-0.4, -0.2) is 69.4 Å². The summed E-state index contributed by atoms with van der Waals surface area (Å²) in [7, 11) is 0. The zero-order chi connectivity index (χ0) is 27.9. The molecule has 0 amide bonds. The van der Waals surface area contributed by atoms with E-state index in [1.54, 1.807) is 6.20 Å². The first-order valence-electron chi connectivity index (χ1n) is 14.8. The van der Waals surface area contributed by atoms with Gasteiger partial charge in [0, 0.05) is 37.1 Å². The van der Waals surface area contributed by atoms with Gasteiger partial charge in [-0.15, -0.1) is 6.58 Å². The molecule has 2 saturated heterocycles. The van der Waals surface area contributed by atoms with Crippen molar-refractivity contribution in [1.29, 1.82) is 0 Å². The molecule has 2 fully saturated rings. The SMILES string of the molecule is C=CCN1CCC(N[C@H]2CCc3cc(-n4c(-c5cccnc5N)nc5ccc(N6CC[C@@H](F)C6)nc54)ccc32)CC1. The number of nitrogens with two attached hydrogens (primary N) is 1. The smallest absolute Gasteiger partial charge is 0.167 e. The maximum Gasteiger partial charge on any atom is 0.167 e. The molecule has 1 aliphatic carbocycles. The molecule has 4 aromatic rings. The summed E-state index contributed by atoms with van der Waals surface area (Å²) in [6.45, 7) is 8.13. The standard InChI is InChI=1S/C32H37FN8/c1-2-15-39-16-12-23(13-17-39)36-27-8-5-21-19-24(6-7-25(21)27)41-31(26-4-3-14-35-30(26)34)37-28-9-10-29(38-32(28)41)40-18-11-22(33)20-40/h2-4,6-7,9-10,14,19,22-23,27,36H,1,5,8,11-13,15-18,20H2,(H2,34,35)/t22-,27+/m1/s1. The number of likely N-dealkylation sites (tertiary alicyclic amines) is 1. The molecule has 41 heavy (non-hydrogen) atoms. The molecular weight excluding hydrogens is 515 g/mol. The number of aryl methyl sites for hydroxylation is 1. The van der Waals surface area contributed by atoms with E-state index in [1.807, 2.05) is 35.2 Å². The minimum Gasteiger partial charge on any atom is -0.383 e. The van der Waals surface area contributed by atoms with E-state index in [0.29, 0.717) is 43.2 Å². The molecule has 9 heteroatoms. The van der Waals surface area contributed by atoms with Gasteiger partial charge in [0.25, 0.3) is 0 Å². The van der Waals surface area contributed by atoms with Crippen LogP contribution in [0.2, 0.25) is 0 Å². The van der Waals surface area contributed by atoms with E-state index in [2.05, 4.69) is 44.5 Å². The average Bonchev–Trinajstić information content (AvgIpc) is 3.70. The van der Waals surface area contributed by atoms with Gasteiger partial charge in [-0.2, -0.15) is 0 Å². The minimum absolute atomic E-state index is 0.371. The number of rotatable bonds is 7. The van der Waals surface area contributed by atoms with E-state index in [4.69, 9.17) is 15.7 Å². The second-order valence-corrected chi connectivity index (χ2v) is 11.6. The Balaban J connectivity index is 1.23. The van der Waals surface area contributed by atoms with Crippen molar-refractivity contribution in [3.63, 3.8) is 0 Å². The molecule has 3 N–H and O–H groups in total. The molecule has 3 aliphatic rings. The predicted octanol–water partition coefficient (Wildman–Crippen LogP) is 4.84. The number of anilines is 2. The summed E-state index contributed by atoms with van der Waals surface area (Å²) in [5.74, 6) is 1.90. The third kappa shape index (κ3) is 4.97. The molecule has 7 rings (SSSR count). The molecule has 2 atom stereocenters. The van der Waals surface area contributed by atoms with Crippen LogP contribution in [0.15, 0.2) is 61.3 Å². The van der Waals surface area contributed by atoms with E-state index in [1.165, 1.54) is 24.0 Å². The quantitative estimate of drug-likeness (QED) is 0.317. The number of pyridine rings is 2. The molecule has 1 aromatic carbocycles. The number of piperidine rings is 1. The Labute approximate surface area is 240 Å². The highest BCUT2D eigenvalue weighted by atomic mass is 19.1. The molecule has 0 unspecified atom stereocenters. The van der Waals surface area contributed by atoms with Crippen LogP contribution in [0.1, 0.15) is 42.9 Å². The van der Waals surface area contributed by atoms with Gasteiger partial charge in [0.2, 0.25) is 0 Å². The van der Waals surface area contributed by atoms with Gasteiger partial charge >= 0.3 is 0 Å². The van der Waals surface area contributed by atoms with Crippen LogP contribution < -0.4 is 16.0 Å². The molecule has 8 nitrogen and oxygen atoms in total. The maximum atomic E-state index is 14.0. The number of imidazole rings is 1. The number of hydrogen-bond donors (Lipinski definition) is 2. The van der Waals surface area contributed by atoms with Crippen molar-refractivity contribution in [1.82, 2.24) is 29.7 Å². The number of halogens is 1. The van der Waals surface area contributed by atoms with Crippen molar-refractivity contribution in [2.24, 2.45) is 0 Å². The average molecular weight is 553 g/mol. The second-order valence-electron chi connectivity index (χ2n) is 11.6. The van der Waals surface area contributed by atoms with E-state index >= 15 is 0 Å². The van der Waals surface area contributed by atoms with Crippen LogP contribution in [0.4, 0.5) is 16.0 Å². The summed E-state index contributed by atoms with van der Waals surface area (Å²) in [5, 5.41) is 3.96. The summed E-state index contributed by atoms with van der Waals surface area (Å²) >= 11 is 0. The van der Waals surface area contributed by atoms with Gasteiger partial charge in [-0.1, -0.05) is 12.1 Å². The highest BCUT2D eigenvalue weighted by Crippen LogP contribution is 2.37. The zero-order valence-electron chi connectivity index (χ0n) is 23.3. The van der Waals surface area contributed by atoms with Crippen molar-refractivity contribution in [2.75, 3.05) is 43.4 Å². The van der Waals surface area contributed by atoms with E-state index in [0.717, 1.165) is 60.7 Å². The van der Waals surface area contributed by atoms with E-state index in [9.17, 15) is 4.39 Å². The summed E-state index contributed by atoms with van der Waals surface area (Å²) < 4.78 is 16.1. The fraction of sp³-hybridized carbons (Fsp3) is 0.406. The van der Waals surface area contributed by atoms with E-state index in [-0.39, 0.29) is 0 Å². The topological polar surface area (TPSA) is 88.1 Å². The van der Waals surface area contributed by atoms with Gasteiger partial charge in [-0.25, -0.2) is 19.3 Å². The van der Waals surface area contributed by atoms with Crippen LogP contribution in [-0.2, 0) is 6.42 Å². The summed E-state index contributed by atoms with van der Waals surface area (Å²) in [5.41, 5.74) is 12.3. The highest BCUT2D eigenvalue weighted by Gasteiger charge is 2.29. The molecule has 3 aromatic heterocycles. The van der Waals surface area contributed by atoms with Gasteiger partial charge in [0.1, 0.15) is 23.3 Å². The van der Waals surface area contributed by atoms with Crippen LogP contribution in [0.3, 0.4) is 0 Å². The third-order valence-electron chi connectivity index (χ3n) is 8.90. The first-order chi connectivity index (χ1) is 20.1. The van der Waals surface area contributed by atoms with Crippen molar-refractivity contribution in [3.8, 4) is 17.1 Å².